The SMILES string of the molecule is CCCC[C@@]1(c2ccc(F)cc2)NC(=O)N(CC(=O)N2CCCCC2)C1=O. The Balaban J connectivity index is 1.83. The molecule has 2 saturated heterocycles. The Kier molecular flexibility index (Phi) is 5.77. The maximum absolute atomic E-state index is 13.3. The van der Waals surface area contributed by atoms with Gasteiger partial charge in [0.2, 0.25) is 5.91 Å². The Morgan fingerprint density at radius 3 is 2.44 bits per heavy atom. The third kappa shape index (κ3) is 3.82. The fraction of sp³-hybridized carbons (Fsp3) is 0.550. The summed E-state index contributed by atoms with van der Waals surface area (Å²) >= 11 is 0. The van der Waals surface area contributed by atoms with Crippen LogP contribution in [0.4, 0.5) is 9.18 Å². The molecule has 1 aromatic rings. The van der Waals surface area contributed by atoms with Crippen LogP contribution in [0.2, 0.25) is 0 Å². The maximum Gasteiger partial charge on any atom is 0.325 e. The van der Waals surface area contributed by atoms with Gasteiger partial charge in [-0.2, -0.15) is 0 Å². The first kappa shape index (κ1) is 19.3. The quantitative estimate of drug-likeness (QED) is 0.778. The van der Waals surface area contributed by atoms with Crippen molar-refractivity contribution in [3.8, 4) is 0 Å². The van der Waals surface area contributed by atoms with Crippen molar-refractivity contribution >= 4 is 17.8 Å². The Labute approximate surface area is 158 Å². The summed E-state index contributed by atoms with van der Waals surface area (Å²) in [5.41, 5.74) is -0.688. The smallest absolute Gasteiger partial charge is 0.325 e. The molecule has 6 nitrogen and oxygen atoms in total. The second kappa shape index (κ2) is 8.06. The minimum atomic E-state index is -1.23. The number of piperidine rings is 1. The fourth-order valence-corrected chi connectivity index (χ4v) is 3.83. The number of carbonyl (C=O) groups excluding carboxylic acids is 3. The Morgan fingerprint density at radius 2 is 1.81 bits per heavy atom. The number of benzene rings is 1. The maximum atomic E-state index is 13.3. The molecule has 1 aromatic carbocycles. The Bertz CT molecular complexity index is 716. The lowest BCUT2D eigenvalue weighted by Crippen LogP contribution is -2.46. The number of nitrogens with one attached hydrogen (secondary N) is 1. The number of urea groups is 1. The predicted octanol–water partition coefficient (Wildman–Crippen LogP) is 2.78. The summed E-state index contributed by atoms with van der Waals surface area (Å²) in [6.07, 6.45) is 4.96. The van der Waals surface area contributed by atoms with Crippen LogP contribution in [-0.2, 0) is 15.1 Å². The summed E-state index contributed by atoms with van der Waals surface area (Å²) in [4.78, 5) is 41.1. The molecule has 4 amide bonds. The molecule has 1 N–H and O–H groups in total. The fourth-order valence-electron chi connectivity index (χ4n) is 3.83. The Morgan fingerprint density at radius 1 is 1.15 bits per heavy atom. The first-order chi connectivity index (χ1) is 13.0. The summed E-state index contributed by atoms with van der Waals surface area (Å²) in [7, 11) is 0. The topological polar surface area (TPSA) is 69.7 Å². The van der Waals surface area contributed by atoms with E-state index in [1.165, 1.54) is 24.3 Å². The monoisotopic (exact) mass is 375 g/mol. The van der Waals surface area contributed by atoms with Crippen LogP contribution < -0.4 is 5.32 Å². The predicted molar refractivity (Wildman–Crippen MR) is 98.3 cm³/mol. The highest BCUT2D eigenvalue weighted by Gasteiger charge is 2.52. The highest BCUT2D eigenvalue weighted by Crippen LogP contribution is 2.34. The minimum Gasteiger partial charge on any atom is -0.341 e. The molecule has 2 fully saturated rings. The molecule has 0 saturated carbocycles. The van der Waals surface area contributed by atoms with E-state index < -0.39 is 23.3 Å². The summed E-state index contributed by atoms with van der Waals surface area (Å²) < 4.78 is 13.3. The molecule has 0 unspecified atom stereocenters. The van der Waals surface area contributed by atoms with Crippen molar-refractivity contribution in [1.82, 2.24) is 15.1 Å². The molecule has 0 aliphatic carbocycles. The van der Waals surface area contributed by atoms with Crippen LogP contribution >= 0.6 is 0 Å². The van der Waals surface area contributed by atoms with Gasteiger partial charge in [-0.15, -0.1) is 0 Å². The lowest BCUT2D eigenvalue weighted by Gasteiger charge is -2.29. The number of imide groups is 1. The van der Waals surface area contributed by atoms with E-state index >= 15 is 0 Å². The number of hydrogen-bond acceptors (Lipinski definition) is 3. The van der Waals surface area contributed by atoms with Gasteiger partial charge in [-0.3, -0.25) is 14.5 Å². The highest BCUT2D eigenvalue weighted by atomic mass is 19.1. The van der Waals surface area contributed by atoms with Crippen LogP contribution in [0.1, 0.15) is 51.0 Å². The number of amides is 4. The molecule has 2 heterocycles. The number of unbranched alkanes of at least 4 members (excludes halogenated alkanes) is 1. The number of halogens is 1. The second-order valence-electron chi connectivity index (χ2n) is 7.28. The van der Waals surface area contributed by atoms with Crippen LogP contribution in [0, 0.1) is 5.82 Å². The number of carbonyl (C=O) groups is 3. The van der Waals surface area contributed by atoms with Gasteiger partial charge in [0.1, 0.15) is 17.9 Å². The molecule has 3 rings (SSSR count). The lowest BCUT2D eigenvalue weighted by atomic mass is 9.85. The molecule has 2 aliphatic heterocycles. The highest BCUT2D eigenvalue weighted by molar-refractivity contribution is 6.09. The zero-order chi connectivity index (χ0) is 19.4. The molecule has 27 heavy (non-hydrogen) atoms. The van der Waals surface area contributed by atoms with Crippen LogP contribution in [0.25, 0.3) is 0 Å². The normalized spacial score (nSPS) is 22.9. The largest absolute Gasteiger partial charge is 0.341 e. The second-order valence-corrected chi connectivity index (χ2v) is 7.28. The van der Waals surface area contributed by atoms with Crippen molar-refractivity contribution in [1.29, 1.82) is 0 Å². The van der Waals surface area contributed by atoms with E-state index in [-0.39, 0.29) is 12.5 Å². The standard InChI is InChI=1S/C20H26FN3O3/c1-2-3-11-20(15-7-9-16(21)10-8-15)18(26)24(19(27)22-20)14-17(25)23-12-5-4-6-13-23/h7-10H,2-6,11-14H2,1H3,(H,22,27)/t20-/m0/s1. The van der Waals surface area contributed by atoms with E-state index in [0.29, 0.717) is 25.1 Å². The zero-order valence-electron chi connectivity index (χ0n) is 15.7. The molecule has 0 bridgehead atoms. The molecule has 7 heteroatoms. The van der Waals surface area contributed by atoms with Crippen molar-refractivity contribution in [2.24, 2.45) is 0 Å². The van der Waals surface area contributed by atoms with Gasteiger partial charge in [-0.25, -0.2) is 9.18 Å². The number of rotatable bonds is 6. The molecule has 0 aromatic heterocycles. The molecule has 2 aliphatic rings. The van der Waals surface area contributed by atoms with Gasteiger partial charge < -0.3 is 10.2 Å². The lowest BCUT2D eigenvalue weighted by molar-refractivity contribution is -0.139. The van der Waals surface area contributed by atoms with Gasteiger partial charge in [0.05, 0.1) is 0 Å². The molecule has 1 atom stereocenters. The molecular formula is C20H26FN3O3. The van der Waals surface area contributed by atoms with Crippen molar-refractivity contribution in [3.63, 3.8) is 0 Å². The molecule has 0 spiro atoms. The van der Waals surface area contributed by atoms with E-state index in [9.17, 15) is 18.8 Å². The van der Waals surface area contributed by atoms with Gasteiger partial charge in [0.25, 0.3) is 5.91 Å². The molecular weight excluding hydrogens is 349 g/mol. The molecule has 146 valence electrons. The van der Waals surface area contributed by atoms with Crippen molar-refractivity contribution in [3.05, 3.63) is 35.6 Å². The van der Waals surface area contributed by atoms with E-state index in [4.69, 9.17) is 0 Å². The average Bonchev–Trinajstić information content (AvgIpc) is 2.92. The first-order valence-electron chi connectivity index (χ1n) is 9.66. The van der Waals surface area contributed by atoms with E-state index in [1.54, 1.807) is 4.90 Å². The number of likely N-dealkylation sites (tertiary alicyclic amines) is 1. The summed E-state index contributed by atoms with van der Waals surface area (Å²) in [6, 6.07) is 5.05. The summed E-state index contributed by atoms with van der Waals surface area (Å²) in [5, 5.41) is 2.79. The number of nitrogens with zero attached hydrogens (tertiary/aromatic N) is 2. The van der Waals surface area contributed by atoms with E-state index in [2.05, 4.69) is 5.32 Å². The van der Waals surface area contributed by atoms with Gasteiger partial charge in [0, 0.05) is 13.1 Å². The molecule has 0 radical (unpaired) electrons. The van der Waals surface area contributed by atoms with Crippen molar-refractivity contribution in [2.75, 3.05) is 19.6 Å². The van der Waals surface area contributed by atoms with Crippen LogP contribution in [-0.4, -0.2) is 47.3 Å². The third-order valence-corrected chi connectivity index (χ3v) is 5.42. The third-order valence-electron chi connectivity index (χ3n) is 5.42. The van der Waals surface area contributed by atoms with Crippen LogP contribution in [0.3, 0.4) is 0 Å². The number of hydrogen-bond donors (Lipinski definition) is 1. The summed E-state index contributed by atoms with van der Waals surface area (Å²) in [5.74, 6) is -1.04. The van der Waals surface area contributed by atoms with Gasteiger partial charge in [0.15, 0.2) is 0 Å². The van der Waals surface area contributed by atoms with E-state index in [1.807, 2.05) is 6.92 Å². The summed E-state index contributed by atoms with van der Waals surface area (Å²) in [6.45, 7) is 3.08. The minimum absolute atomic E-state index is 0.205. The van der Waals surface area contributed by atoms with Crippen molar-refractivity contribution in [2.45, 2.75) is 51.0 Å². The van der Waals surface area contributed by atoms with Gasteiger partial charge >= 0.3 is 6.03 Å². The Hall–Kier alpha value is -2.44. The van der Waals surface area contributed by atoms with Crippen LogP contribution in [0.5, 0.6) is 0 Å². The zero-order valence-corrected chi connectivity index (χ0v) is 15.7. The van der Waals surface area contributed by atoms with E-state index in [0.717, 1.165) is 37.0 Å². The van der Waals surface area contributed by atoms with Crippen LogP contribution in [0.15, 0.2) is 24.3 Å². The van der Waals surface area contributed by atoms with Gasteiger partial charge in [-0.05, 0) is 43.4 Å². The van der Waals surface area contributed by atoms with Gasteiger partial charge in [-0.1, -0.05) is 31.9 Å². The average molecular weight is 375 g/mol. The first-order valence-corrected chi connectivity index (χ1v) is 9.66. The van der Waals surface area contributed by atoms with Crippen molar-refractivity contribution < 1.29 is 18.8 Å².